The van der Waals surface area contributed by atoms with Crippen LogP contribution in [0.2, 0.25) is 0 Å². The van der Waals surface area contributed by atoms with Gasteiger partial charge in [0.15, 0.2) is 5.96 Å². The van der Waals surface area contributed by atoms with Crippen LogP contribution in [-0.2, 0) is 17.9 Å². The number of nitrogens with zero attached hydrogens (tertiary/aromatic N) is 2. The third-order valence-electron chi connectivity index (χ3n) is 4.24. The molecule has 0 spiro atoms. The molecule has 1 aromatic rings. The van der Waals surface area contributed by atoms with Crippen LogP contribution in [0, 0.1) is 17.7 Å². The molecule has 1 fully saturated rings. The van der Waals surface area contributed by atoms with Gasteiger partial charge in [0.25, 0.3) is 0 Å². The molecule has 6 heteroatoms. The van der Waals surface area contributed by atoms with Gasteiger partial charge in [0.2, 0.25) is 0 Å². The first-order valence-corrected chi connectivity index (χ1v) is 8.25. The molecule has 1 aliphatic heterocycles. The third kappa shape index (κ3) is 5.88. The average molecular weight is 449 g/mol. The SMILES string of the molecule is CN=C(NCc1ccc(F)c(COC)c1)N1CC(C)CC(C)C1.I. The van der Waals surface area contributed by atoms with Crippen molar-refractivity contribution in [1.29, 1.82) is 0 Å². The van der Waals surface area contributed by atoms with Crippen molar-refractivity contribution in [3.8, 4) is 0 Å². The van der Waals surface area contributed by atoms with Gasteiger partial charge in [-0.15, -0.1) is 24.0 Å². The number of ether oxygens (including phenoxy) is 1. The van der Waals surface area contributed by atoms with Gasteiger partial charge in [-0.05, 0) is 36.0 Å². The van der Waals surface area contributed by atoms with Gasteiger partial charge >= 0.3 is 0 Å². The Balaban J connectivity index is 0.00000288. The Labute approximate surface area is 161 Å². The molecule has 136 valence electrons. The summed E-state index contributed by atoms with van der Waals surface area (Å²) in [7, 11) is 3.39. The van der Waals surface area contributed by atoms with Crippen molar-refractivity contribution in [2.75, 3.05) is 27.2 Å². The van der Waals surface area contributed by atoms with E-state index in [2.05, 4.69) is 29.1 Å². The van der Waals surface area contributed by atoms with E-state index in [1.807, 2.05) is 13.1 Å². The minimum Gasteiger partial charge on any atom is -0.380 e. The highest BCUT2D eigenvalue weighted by Crippen LogP contribution is 2.21. The van der Waals surface area contributed by atoms with Crippen LogP contribution >= 0.6 is 24.0 Å². The molecular weight excluding hydrogens is 420 g/mol. The second-order valence-corrected chi connectivity index (χ2v) is 6.61. The molecule has 1 aliphatic rings. The molecule has 1 aromatic carbocycles. The number of likely N-dealkylation sites (tertiary alicyclic amines) is 1. The van der Waals surface area contributed by atoms with E-state index in [0.717, 1.165) is 24.6 Å². The van der Waals surface area contributed by atoms with Gasteiger partial charge in [-0.1, -0.05) is 19.9 Å². The Morgan fingerprint density at radius 3 is 2.58 bits per heavy atom. The summed E-state index contributed by atoms with van der Waals surface area (Å²) in [6.45, 7) is 7.54. The van der Waals surface area contributed by atoms with E-state index >= 15 is 0 Å². The number of hydrogen-bond donors (Lipinski definition) is 1. The molecule has 2 unspecified atom stereocenters. The topological polar surface area (TPSA) is 36.9 Å². The Morgan fingerprint density at radius 1 is 1.33 bits per heavy atom. The summed E-state index contributed by atoms with van der Waals surface area (Å²) < 4.78 is 18.7. The van der Waals surface area contributed by atoms with Crippen LogP contribution in [0.15, 0.2) is 23.2 Å². The van der Waals surface area contributed by atoms with Crippen molar-refractivity contribution in [2.24, 2.45) is 16.8 Å². The van der Waals surface area contributed by atoms with E-state index in [9.17, 15) is 4.39 Å². The quantitative estimate of drug-likeness (QED) is 0.433. The summed E-state index contributed by atoms with van der Waals surface area (Å²) >= 11 is 0. The van der Waals surface area contributed by atoms with Crippen molar-refractivity contribution in [1.82, 2.24) is 10.2 Å². The van der Waals surface area contributed by atoms with Gasteiger partial charge < -0.3 is 15.0 Å². The summed E-state index contributed by atoms with van der Waals surface area (Å²) in [6, 6.07) is 5.15. The molecule has 0 radical (unpaired) electrons. The maximum absolute atomic E-state index is 13.7. The number of guanidine groups is 1. The molecular formula is C18H29FIN3O. The first-order valence-electron chi connectivity index (χ1n) is 8.25. The lowest BCUT2D eigenvalue weighted by atomic mass is 9.92. The van der Waals surface area contributed by atoms with Crippen LogP contribution in [0.25, 0.3) is 0 Å². The largest absolute Gasteiger partial charge is 0.380 e. The zero-order valence-electron chi connectivity index (χ0n) is 15.0. The van der Waals surface area contributed by atoms with Crippen molar-refractivity contribution in [3.05, 3.63) is 35.1 Å². The maximum Gasteiger partial charge on any atom is 0.193 e. The molecule has 0 aromatic heterocycles. The van der Waals surface area contributed by atoms with Crippen molar-refractivity contribution < 1.29 is 9.13 Å². The second kappa shape index (κ2) is 10.2. The Morgan fingerprint density at radius 2 is 2.00 bits per heavy atom. The lowest BCUT2D eigenvalue weighted by Gasteiger charge is -2.37. The minimum atomic E-state index is -0.223. The smallest absolute Gasteiger partial charge is 0.193 e. The van der Waals surface area contributed by atoms with Crippen LogP contribution in [0.4, 0.5) is 4.39 Å². The summed E-state index contributed by atoms with van der Waals surface area (Å²) in [6.07, 6.45) is 1.27. The summed E-state index contributed by atoms with van der Waals surface area (Å²) in [4.78, 5) is 6.72. The van der Waals surface area contributed by atoms with Crippen LogP contribution < -0.4 is 5.32 Å². The number of methoxy groups -OCH3 is 1. The number of aliphatic imine (C=N–C) groups is 1. The maximum atomic E-state index is 13.7. The molecule has 2 rings (SSSR count). The second-order valence-electron chi connectivity index (χ2n) is 6.61. The molecule has 4 nitrogen and oxygen atoms in total. The number of rotatable bonds is 4. The van der Waals surface area contributed by atoms with Crippen LogP contribution in [0.1, 0.15) is 31.4 Å². The van der Waals surface area contributed by atoms with E-state index in [4.69, 9.17) is 4.74 Å². The van der Waals surface area contributed by atoms with Gasteiger partial charge in [-0.2, -0.15) is 0 Å². The monoisotopic (exact) mass is 449 g/mol. The fourth-order valence-corrected chi connectivity index (χ4v) is 3.35. The van der Waals surface area contributed by atoms with Gasteiger partial charge in [0, 0.05) is 39.4 Å². The van der Waals surface area contributed by atoms with Crippen molar-refractivity contribution in [3.63, 3.8) is 0 Å². The highest BCUT2D eigenvalue weighted by Gasteiger charge is 2.23. The molecule has 1 heterocycles. The lowest BCUT2D eigenvalue weighted by molar-refractivity contribution is 0.181. The summed E-state index contributed by atoms with van der Waals surface area (Å²) in [5.74, 6) is 2.05. The molecule has 1 saturated heterocycles. The Bertz CT molecular complexity index is 543. The fourth-order valence-electron chi connectivity index (χ4n) is 3.35. The van der Waals surface area contributed by atoms with Gasteiger partial charge in [0.05, 0.1) is 6.61 Å². The van der Waals surface area contributed by atoms with Crippen molar-refractivity contribution in [2.45, 2.75) is 33.4 Å². The van der Waals surface area contributed by atoms with Gasteiger partial charge in [-0.25, -0.2) is 4.39 Å². The molecule has 1 N–H and O–H groups in total. The van der Waals surface area contributed by atoms with Crippen LogP contribution in [0.3, 0.4) is 0 Å². The van der Waals surface area contributed by atoms with Crippen LogP contribution in [0.5, 0.6) is 0 Å². The molecule has 2 atom stereocenters. The zero-order valence-corrected chi connectivity index (χ0v) is 17.3. The van der Waals surface area contributed by atoms with E-state index < -0.39 is 0 Å². The predicted octanol–water partition coefficient (Wildman–Crippen LogP) is 3.64. The Hall–Kier alpha value is -0.890. The minimum absolute atomic E-state index is 0. The third-order valence-corrected chi connectivity index (χ3v) is 4.24. The number of nitrogens with one attached hydrogen (secondary N) is 1. The summed E-state index contributed by atoms with van der Waals surface area (Å²) in [5, 5.41) is 3.40. The first kappa shape index (κ1) is 21.2. The van der Waals surface area contributed by atoms with E-state index in [1.54, 1.807) is 13.2 Å². The standard InChI is InChI=1S/C18H28FN3O.HI/c1-13-7-14(2)11-22(10-13)18(20-3)21-9-15-5-6-17(19)16(8-15)12-23-4;/h5-6,8,13-14H,7,9-12H2,1-4H3,(H,20,21);1H. The number of benzene rings is 1. The van der Waals surface area contributed by atoms with E-state index in [0.29, 0.717) is 23.9 Å². The summed E-state index contributed by atoms with van der Waals surface area (Å²) in [5.41, 5.74) is 1.61. The Kier molecular flexibility index (Phi) is 8.97. The molecule has 24 heavy (non-hydrogen) atoms. The highest BCUT2D eigenvalue weighted by molar-refractivity contribution is 14.0. The fraction of sp³-hybridized carbons (Fsp3) is 0.611. The van der Waals surface area contributed by atoms with Gasteiger partial charge in [0.1, 0.15) is 5.82 Å². The van der Waals surface area contributed by atoms with E-state index in [1.165, 1.54) is 12.5 Å². The molecule has 0 bridgehead atoms. The average Bonchev–Trinajstić information content (AvgIpc) is 2.50. The first-order chi connectivity index (χ1) is 11.0. The number of hydrogen-bond acceptors (Lipinski definition) is 2. The van der Waals surface area contributed by atoms with Crippen molar-refractivity contribution >= 4 is 29.9 Å². The van der Waals surface area contributed by atoms with E-state index in [-0.39, 0.29) is 36.4 Å². The predicted molar refractivity (Wildman–Crippen MR) is 107 cm³/mol. The lowest BCUT2D eigenvalue weighted by Crippen LogP contribution is -2.48. The number of halogens is 2. The molecule has 0 aliphatic carbocycles. The number of piperidine rings is 1. The van der Waals surface area contributed by atoms with Crippen LogP contribution in [-0.4, -0.2) is 38.1 Å². The zero-order chi connectivity index (χ0) is 16.8. The molecule has 0 saturated carbocycles. The molecule has 0 amide bonds. The van der Waals surface area contributed by atoms with Gasteiger partial charge in [-0.3, -0.25) is 4.99 Å². The normalized spacial score (nSPS) is 21.4. The highest BCUT2D eigenvalue weighted by atomic mass is 127.